The van der Waals surface area contributed by atoms with Crippen molar-refractivity contribution in [1.29, 1.82) is 0 Å². The van der Waals surface area contributed by atoms with Gasteiger partial charge in [0.15, 0.2) is 0 Å². The number of hydrogen-bond donors (Lipinski definition) is 1. The molecular weight excluding hydrogens is 254 g/mol. The molecule has 2 aliphatic rings. The molecule has 0 unspecified atom stereocenters. The van der Waals surface area contributed by atoms with Crippen LogP contribution in [0, 0.1) is 0 Å². The maximum Gasteiger partial charge on any atom is 0.234 e. The van der Waals surface area contributed by atoms with E-state index in [1.54, 1.807) is 0 Å². The van der Waals surface area contributed by atoms with Gasteiger partial charge in [-0.1, -0.05) is 0 Å². The molecule has 0 aromatic rings. The zero-order valence-corrected chi connectivity index (χ0v) is 13.3. The van der Waals surface area contributed by atoms with E-state index < -0.39 is 0 Å². The largest absolute Gasteiger partial charge is 0.354 e. The van der Waals surface area contributed by atoms with Crippen LogP contribution < -0.4 is 5.32 Å². The molecule has 116 valence electrons. The highest BCUT2D eigenvalue weighted by Crippen LogP contribution is 2.12. The van der Waals surface area contributed by atoms with Gasteiger partial charge in [0.05, 0.1) is 6.54 Å². The molecule has 2 saturated heterocycles. The Morgan fingerprint density at radius 3 is 2.10 bits per heavy atom. The van der Waals surface area contributed by atoms with Crippen LogP contribution in [0.25, 0.3) is 0 Å². The van der Waals surface area contributed by atoms with Crippen LogP contribution in [0.3, 0.4) is 0 Å². The molecule has 2 aliphatic heterocycles. The predicted molar refractivity (Wildman–Crippen MR) is 80.4 cm³/mol. The SMILES string of the molecule is CC(C)N1CCCCC1=O.CC(C)N1CCNC(=O)C1. The van der Waals surface area contributed by atoms with Gasteiger partial charge in [0.25, 0.3) is 0 Å². The topological polar surface area (TPSA) is 52.7 Å². The van der Waals surface area contributed by atoms with Crippen molar-refractivity contribution < 1.29 is 9.59 Å². The Labute approximate surface area is 122 Å². The van der Waals surface area contributed by atoms with E-state index in [0.717, 1.165) is 32.5 Å². The van der Waals surface area contributed by atoms with Gasteiger partial charge in [-0.15, -0.1) is 0 Å². The monoisotopic (exact) mass is 283 g/mol. The van der Waals surface area contributed by atoms with Gasteiger partial charge in [0.2, 0.25) is 11.8 Å². The average Bonchev–Trinajstić information content (AvgIpc) is 2.39. The number of piperazine rings is 1. The minimum absolute atomic E-state index is 0.153. The van der Waals surface area contributed by atoms with Crippen molar-refractivity contribution in [3.8, 4) is 0 Å². The van der Waals surface area contributed by atoms with Gasteiger partial charge >= 0.3 is 0 Å². The second-order valence-corrected chi connectivity index (χ2v) is 6.05. The first kappa shape index (κ1) is 17.0. The van der Waals surface area contributed by atoms with Crippen LogP contribution in [-0.4, -0.2) is 59.9 Å². The van der Waals surface area contributed by atoms with Crippen LogP contribution in [-0.2, 0) is 9.59 Å². The molecule has 2 fully saturated rings. The molecule has 0 aromatic heterocycles. The van der Waals surface area contributed by atoms with Crippen molar-refractivity contribution >= 4 is 11.8 Å². The van der Waals surface area contributed by atoms with Crippen LogP contribution in [0.2, 0.25) is 0 Å². The number of piperidine rings is 1. The Morgan fingerprint density at radius 1 is 1.00 bits per heavy atom. The van der Waals surface area contributed by atoms with Crippen molar-refractivity contribution in [3.63, 3.8) is 0 Å². The van der Waals surface area contributed by atoms with Crippen LogP contribution in [0.4, 0.5) is 0 Å². The maximum absolute atomic E-state index is 11.2. The summed E-state index contributed by atoms with van der Waals surface area (Å²) in [6.45, 7) is 11.7. The van der Waals surface area contributed by atoms with E-state index in [9.17, 15) is 9.59 Å². The average molecular weight is 283 g/mol. The molecule has 5 nitrogen and oxygen atoms in total. The van der Waals surface area contributed by atoms with E-state index in [1.165, 1.54) is 6.42 Å². The summed E-state index contributed by atoms with van der Waals surface area (Å²) < 4.78 is 0. The number of nitrogens with one attached hydrogen (secondary N) is 1. The third-order valence-electron chi connectivity index (χ3n) is 3.78. The third-order valence-corrected chi connectivity index (χ3v) is 3.78. The molecule has 1 N–H and O–H groups in total. The summed E-state index contributed by atoms with van der Waals surface area (Å²) in [5, 5.41) is 2.79. The zero-order valence-electron chi connectivity index (χ0n) is 13.3. The molecule has 0 saturated carbocycles. The summed E-state index contributed by atoms with van der Waals surface area (Å²) in [6, 6.07) is 0.888. The zero-order chi connectivity index (χ0) is 15.1. The fraction of sp³-hybridized carbons (Fsp3) is 0.867. The number of amides is 2. The fourth-order valence-electron chi connectivity index (χ4n) is 2.47. The first-order valence-electron chi connectivity index (χ1n) is 7.72. The molecule has 0 bridgehead atoms. The van der Waals surface area contributed by atoms with E-state index >= 15 is 0 Å². The first-order chi connectivity index (χ1) is 9.41. The molecular formula is C15H29N3O2. The van der Waals surface area contributed by atoms with Gasteiger partial charge < -0.3 is 10.2 Å². The summed E-state index contributed by atoms with van der Waals surface area (Å²) in [5.74, 6) is 0.487. The van der Waals surface area contributed by atoms with E-state index in [-0.39, 0.29) is 5.91 Å². The Bertz CT molecular complexity index is 329. The predicted octanol–water partition coefficient (Wildman–Crippen LogP) is 1.23. The normalized spacial score (nSPS) is 20.8. The van der Waals surface area contributed by atoms with Crippen LogP contribution >= 0.6 is 0 Å². The van der Waals surface area contributed by atoms with E-state index in [0.29, 0.717) is 24.5 Å². The second kappa shape index (κ2) is 8.25. The van der Waals surface area contributed by atoms with Gasteiger partial charge in [-0.3, -0.25) is 14.5 Å². The smallest absolute Gasteiger partial charge is 0.234 e. The van der Waals surface area contributed by atoms with Gasteiger partial charge in [-0.25, -0.2) is 0 Å². The second-order valence-electron chi connectivity index (χ2n) is 6.05. The Morgan fingerprint density at radius 2 is 1.70 bits per heavy atom. The number of carbonyl (C=O) groups excluding carboxylic acids is 2. The lowest BCUT2D eigenvalue weighted by Crippen LogP contribution is -2.50. The molecule has 2 heterocycles. The number of likely N-dealkylation sites (tertiary alicyclic amines) is 1. The molecule has 0 atom stereocenters. The van der Waals surface area contributed by atoms with Gasteiger partial charge in [0.1, 0.15) is 0 Å². The van der Waals surface area contributed by atoms with Crippen molar-refractivity contribution in [3.05, 3.63) is 0 Å². The van der Waals surface area contributed by atoms with Crippen LogP contribution in [0.15, 0.2) is 0 Å². The lowest BCUT2D eigenvalue weighted by atomic mass is 10.1. The Kier molecular flexibility index (Phi) is 6.99. The molecule has 0 spiro atoms. The molecule has 20 heavy (non-hydrogen) atoms. The van der Waals surface area contributed by atoms with E-state index in [4.69, 9.17) is 0 Å². The number of carbonyl (C=O) groups is 2. The summed E-state index contributed by atoms with van der Waals surface area (Å²) >= 11 is 0. The molecule has 0 aromatic carbocycles. The maximum atomic E-state index is 11.2. The van der Waals surface area contributed by atoms with E-state index in [1.807, 2.05) is 4.90 Å². The van der Waals surface area contributed by atoms with Crippen molar-refractivity contribution in [2.75, 3.05) is 26.2 Å². The summed E-state index contributed by atoms with van der Waals surface area (Å²) in [6.07, 6.45) is 3.03. The highest BCUT2D eigenvalue weighted by atomic mass is 16.2. The minimum Gasteiger partial charge on any atom is -0.354 e. The van der Waals surface area contributed by atoms with Crippen molar-refractivity contribution in [1.82, 2.24) is 15.1 Å². The van der Waals surface area contributed by atoms with Crippen molar-refractivity contribution in [2.24, 2.45) is 0 Å². The Hall–Kier alpha value is -1.10. The Balaban J connectivity index is 0.000000200. The molecule has 0 radical (unpaired) electrons. The number of nitrogens with zero attached hydrogens (tertiary/aromatic N) is 2. The lowest BCUT2D eigenvalue weighted by Gasteiger charge is -2.30. The van der Waals surface area contributed by atoms with Gasteiger partial charge in [0, 0.05) is 38.1 Å². The van der Waals surface area contributed by atoms with E-state index in [2.05, 4.69) is 37.9 Å². The standard InChI is InChI=1S/C8H15NO.C7H14N2O/c1-7(2)9-6-4-3-5-8(9)10;1-6(2)9-4-3-8-7(10)5-9/h7H,3-6H2,1-2H3;6H,3-5H2,1-2H3,(H,8,10). The number of hydrogen-bond acceptors (Lipinski definition) is 3. The number of rotatable bonds is 2. The fourth-order valence-corrected chi connectivity index (χ4v) is 2.47. The van der Waals surface area contributed by atoms with Crippen LogP contribution in [0.5, 0.6) is 0 Å². The molecule has 2 rings (SSSR count). The minimum atomic E-state index is 0.153. The summed E-state index contributed by atoms with van der Waals surface area (Å²) in [5.41, 5.74) is 0. The molecule has 0 aliphatic carbocycles. The van der Waals surface area contributed by atoms with Gasteiger partial charge in [-0.2, -0.15) is 0 Å². The van der Waals surface area contributed by atoms with Gasteiger partial charge in [-0.05, 0) is 40.5 Å². The van der Waals surface area contributed by atoms with Crippen LogP contribution in [0.1, 0.15) is 47.0 Å². The highest BCUT2D eigenvalue weighted by molar-refractivity contribution is 5.78. The first-order valence-corrected chi connectivity index (χ1v) is 7.72. The van der Waals surface area contributed by atoms with Crippen molar-refractivity contribution in [2.45, 2.75) is 59.0 Å². The lowest BCUT2D eigenvalue weighted by molar-refractivity contribution is -0.135. The third kappa shape index (κ3) is 5.49. The molecule has 2 amide bonds. The summed E-state index contributed by atoms with van der Waals surface area (Å²) in [4.78, 5) is 26.1. The molecule has 5 heteroatoms. The summed E-state index contributed by atoms with van der Waals surface area (Å²) in [7, 11) is 0. The highest BCUT2D eigenvalue weighted by Gasteiger charge is 2.19. The quantitative estimate of drug-likeness (QED) is 0.829.